The Morgan fingerprint density at radius 2 is 1.55 bits per heavy atom. The summed E-state index contributed by atoms with van der Waals surface area (Å²) in [5.41, 5.74) is -5.44. The van der Waals surface area contributed by atoms with Gasteiger partial charge in [-0.05, 0) is 101 Å². The Balaban J connectivity index is 1.86. The number of rotatable bonds is 19. The number of cyclic esters (lactones) is 1. The van der Waals surface area contributed by atoms with Crippen molar-refractivity contribution in [2.75, 3.05) is 81.2 Å². The van der Waals surface area contributed by atoms with E-state index in [1.54, 1.807) is 41.9 Å². The van der Waals surface area contributed by atoms with Crippen molar-refractivity contribution in [2.24, 2.45) is 23.7 Å². The lowest BCUT2D eigenvalue weighted by Gasteiger charge is -2.54. The van der Waals surface area contributed by atoms with Gasteiger partial charge >= 0.3 is 12.1 Å². The number of ether oxygens (including phenoxy) is 8. The first-order valence-corrected chi connectivity index (χ1v) is 26.3. The number of nitrogens with zero attached hydrogens (tertiary/aromatic N) is 4. The van der Waals surface area contributed by atoms with Gasteiger partial charge in [-0.15, -0.1) is 0 Å². The lowest BCUT2D eigenvalue weighted by atomic mass is 9.73. The quantitative estimate of drug-likeness (QED) is 0.123. The normalized spacial score (nSPS) is 40.9. The molecule has 0 saturated carbocycles. The number of hydrogen-bond acceptors (Lipinski definition) is 17. The minimum absolute atomic E-state index is 0.0766. The summed E-state index contributed by atoms with van der Waals surface area (Å²) in [6.45, 7) is 27.9. The molecule has 4 heterocycles. The van der Waals surface area contributed by atoms with E-state index in [1.807, 2.05) is 67.6 Å². The topological polar surface area (TPSA) is 208 Å². The Morgan fingerprint density at radius 3 is 2.11 bits per heavy atom. The molecule has 0 bridgehead atoms. The van der Waals surface area contributed by atoms with Crippen molar-refractivity contribution >= 4 is 23.8 Å². The van der Waals surface area contributed by atoms with Crippen LogP contribution in [0.4, 0.5) is 4.79 Å². The Morgan fingerprint density at radius 1 is 0.901 bits per heavy atom. The molecule has 2 amide bonds. The second kappa shape index (κ2) is 25.3. The summed E-state index contributed by atoms with van der Waals surface area (Å²) in [5, 5.41) is 27.3. The van der Waals surface area contributed by atoms with Gasteiger partial charge in [0, 0.05) is 84.1 Å². The van der Waals surface area contributed by atoms with Crippen LogP contribution in [0, 0.1) is 23.7 Å². The van der Waals surface area contributed by atoms with Crippen molar-refractivity contribution in [1.29, 1.82) is 0 Å². The molecule has 19 nitrogen and oxygen atoms in total. The van der Waals surface area contributed by atoms with E-state index in [0.29, 0.717) is 25.9 Å². The Kier molecular flexibility index (Phi) is 21.7. The van der Waals surface area contributed by atoms with E-state index in [4.69, 9.17) is 37.9 Å². The number of ketones is 1. The molecule has 3 N–H and O–H groups in total. The van der Waals surface area contributed by atoms with Gasteiger partial charge in [-0.25, -0.2) is 4.79 Å². The number of carbonyl (C=O) groups excluding carboxylic acids is 4. The molecule has 19 heteroatoms. The molecular weight excluding hydrogens is 919 g/mol. The highest BCUT2D eigenvalue weighted by Crippen LogP contribution is 2.46. The van der Waals surface area contributed by atoms with Gasteiger partial charge in [-0.3, -0.25) is 14.4 Å². The molecule has 0 radical (unpaired) electrons. The zero-order valence-electron chi connectivity index (χ0n) is 46.7. The zero-order chi connectivity index (χ0) is 53.6. The Labute approximate surface area is 425 Å². The number of hydrogen-bond donors (Lipinski definition) is 3. The van der Waals surface area contributed by atoms with E-state index in [9.17, 15) is 19.8 Å². The number of amides is 2. The average Bonchev–Trinajstić information content (AvgIpc) is 3.57. The van der Waals surface area contributed by atoms with E-state index in [1.165, 1.54) is 11.8 Å². The van der Waals surface area contributed by atoms with Crippen LogP contribution in [0.1, 0.15) is 122 Å². The summed E-state index contributed by atoms with van der Waals surface area (Å²) in [6, 6.07) is -1.18. The van der Waals surface area contributed by atoms with Gasteiger partial charge in [-0.1, -0.05) is 41.5 Å². The van der Waals surface area contributed by atoms with Gasteiger partial charge in [0.05, 0.1) is 42.0 Å². The zero-order valence-corrected chi connectivity index (χ0v) is 46.7. The van der Waals surface area contributed by atoms with Crippen LogP contribution in [0.15, 0.2) is 0 Å². The third-order valence-corrected chi connectivity index (χ3v) is 16.8. The molecule has 4 rings (SSSR count). The molecule has 0 aromatic rings. The smallest absolute Gasteiger partial charge is 0.410 e. The second-order valence-electron chi connectivity index (χ2n) is 22.1. The van der Waals surface area contributed by atoms with E-state index >= 15 is 9.59 Å². The highest BCUT2D eigenvalue weighted by molar-refractivity contribution is 5.85. The minimum atomic E-state index is -1.48. The second-order valence-corrected chi connectivity index (χ2v) is 22.1. The van der Waals surface area contributed by atoms with Gasteiger partial charge in [0.2, 0.25) is 5.91 Å². The first-order valence-electron chi connectivity index (χ1n) is 26.3. The lowest BCUT2D eigenvalue weighted by Crippen LogP contribution is -2.70. The molecular formula is C52H95N5O14. The van der Waals surface area contributed by atoms with Crippen LogP contribution in [-0.4, -0.2) is 218 Å². The first kappa shape index (κ1) is 61.0. The molecule has 0 aromatic heterocycles. The Bertz CT molecular complexity index is 1760. The maximum atomic E-state index is 15.1. The molecule has 71 heavy (non-hydrogen) atoms. The SMILES string of the molecule is CC[C@H]1OC(=O)[C@H](C)[C@@H](O[C@H]2C[C@@](C)(OC)[C@@](O)(CN(C)CCN(CC)CC)[C@H](C)O2)[C@H](C)[C@@H](O[C@@H]2O[C@H](C)C[C@H](N(C)C)[C@H]2O)[C@@](C)(OC)C[C@@H](C)C(=O)[C@H](C)[C@H]2N(CCCNC(C)=O)C(=O)O[C@]12C. The summed E-state index contributed by atoms with van der Waals surface area (Å²) < 4.78 is 52.7. The summed E-state index contributed by atoms with van der Waals surface area (Å²) >= 11 is 0. The highest BCUT2D eigenvalue weighted by atomic mass is 16.7. The van der Waals surface area contributed by atoms with Crippen molar-refractivity contribution in [2.45, 2.75) is 206 Å². The van der Waals surface area contributed by atoms with Gasteiger partial charge < -0.3 is 73.0 Å². The lowest BCUT2D eigenvalue weighted by molar-refractivity contribution is -0.339. The fourth-order valence-corrected chi connectivity index (χ4v) is 12.1. The van der Waals surface area contributed by atoms with Crippen molar-refractivity contribution in [3.8, 4) is 0 Å². The van der Waals surface area contributed by atoms with Gasteiger partial charge in [-0.2, -0.15) is 0 Å². The summed E-state index contributed by atoms with van der Waals surface area (Å²) in [6.07, 6.45) is -6.69. The molecule has 0 aromatic carbocycles. The largest absolute Gasteiger partial charge is 0.458 e. The standard InChI is InChI=1S/C52H95N5O14/c1-19-39-51(13)44(57(48(62)71-51)24-22-23-53-37(10)58)33(6)41(59)31(4)28-49(11,64-17)45(70-47-42(60)38(54(14)15)27-32(5)66-47)34(7)43(35(8)46(61)68-39)69-40-29-50(12,65-18)52(63,36(9)67-40)30-55(16)25-26-56(20-2)21-3/h31-36,38-40,42-45,47,60,63H,19-30H2,1-18H3,(H,53,58)/t31-,32-,33+,34+,35-,36+,38+,39-,40+,42-,43+,44-,45-,47+,49+,50-,51-,52-/m1/s1. The maximum Gasteiger partial charge on any atom is 0.410 e. The molecule has 4 fully saturated rings. The maximum absolute atomic E-state index is 15.1. The predicted molar refractivity (Wildman–Crippen MR) is 267 cm³/mol. The van der Waals surface area contributed by atoms with Crippen LogP contribution >= 0.6 is 0 Å². The van der Waals surface area contributed by atoms with E-state index in [0.717, 1.165) is 19.6 Å². The van der Waals surface area contributed by atoms with Gasteiger partial charge in [0.1, 0.15) is 29.2 Å². The van der Waals surface area contributed by atoms with E-state index in [2.05, 4.69) is 29.0 Å². The monoisotopic (exact) mass is 1010 g/mol. The Hall–Kier alpha value is -2.56. The van der Waals surface area contributed by atoms with Crippen LogP contribution in [0.5, 0.6) is 0 Å². The number of Topliss-reactive ketones (excluding diaryl/α,β-unsaturated/α-hetero) is 1. The van der Waals surface area contributed by atoms with Crippen LogP contribution in [0.25, 0.3) is 0 Å². The molecule has 412 valence electrons. The van der Waals surface area contributed by atoms with Crippen LogP contribution < -0.4 is 5.32 Å². The van der Waals surface area contributed by atoms with Crippen molar-refractivity contribution in [3.05, 3.63) is 0 Å². The average molecular weight is 1010 g/mol. The van der Waals surface area contributed by atoms with Gasteiger partial charge in [0.15, 0.2) is 18.2 Å². The number of likely N-dealkylation sites (N-methyl/N-ethyl adjacent to an activating group) is 3. The third-order valence-electron chi connectivity index (χ3n) is 16.8. The van der Waals surface area contributed by atoms with Crippen LogP contribution in [-0.2, 0) is 52.3 Å². The molecule has 4 saturated heterocycles. The number of aliphatic hydroxyl groups excluding tert-OH is 1. The van der Waals surface area contributed by atoms with E-state index in [-0.39, 0.29) is 56.2 Å². The first-order chi connectivity index (χ1) is 33.1. The van der Waals surface area contributed by atoms with Gasteiger partial charge in [0.25, 0.3) is 0 Å². The fraction of sp³-hybridized carbons (Fsp3) is 0.923. The molecule has 0 aliphatic carbocycles. The number of carbonyl (C=O) groups is 4. The molecule has 4 aliphatic rings. The number of esters is 1. The van der Waals surface area contributed by atoms with Crippen LogP contribution in [0.2, 0.25) is 0 Å². The summed E-state index contributed by atoms with van der Waals surface area (Å²) in [7, 11) is 8.86. The molecule has 0 spiro atoms. The number of fused-ring (bicyclic) bond motifs is 1. The van der Waals surface area contributed by atoms with Crippen molar-refractivity contribution in [3.63, 3.8) is 0 Å². The molecule has 4 aliphatic heterocycles. The predicted octanol–water partition coefficient (Wildman–Crippen LogP) is 4.08. The van der Waals surface area contributed by atoms with Crippen LogP contribution in [0.3, 0.4) is 0 Å². The minimum Gasteiger partial charge on any atom is -0.458 e. The number of methoxy groups -OCH3 is 2. The molecule has 0 unspecified atom stereocenters. The van der Waals surface area contributed by atoms with Crippen molar-refractivity contribution < 1.29 is 67.3 Å². The third kappa shape index (κ3) is 13.5. The number of aliphatic hydroxyl groups is 2. The van der Waals surface area contributed by atoms with E-state index < -0.39 is 107 Å². The highest BCUT2D eigenvalue weighted by Gasteiger charge is 2.62. The summed E-state index contributed by atoms with van der Waals surface area (Å²) in [4.78, 5) is 63.7. The fourth-order valence-electron chi connectivity index (χ4n) is 12.1. The summed E-state index contributed by atoms with van der Waals surface area (Å²) in [5.74, 6) is -4.33. The van der Waals surface area contributed by atoms with Crippen molar-refractivity contribution in [1.82, 2.24) is 24.9 Å². The molecule has 18 atom stereocenters. The number of nitrogens with one attached hydrogen (secondary N) is 1.